The molecule has 0 radical (unpaired) electrons. The van der Waals surface area contributed by atoms with E-state index in [2.05, 4.69) is 11.9 Å². The molecule has 1 fully saturated rings. The molecule has 1 saturated carbocycles. The van der Waals surface area contributed by atoms with E-state index in [4.69, 9.17) is 11.6 Å². The van der Waals surface area contributed by atoms with Gasteiger partial charge in [0.2, 0.25) is 5.91 Å². The van der Waals surface area contributed by atoms with Crippen LogP contribution in [0.1, 0.15) is 6.42 Å². The van der Waals surface area contributed by atoms with Gasteiger partial charge in [-0.15, -0.1) is 0 Å². The molecule has 4 atom stereocenters. The van der Waals surface area contributed by atoms with Gasteiger partial charge in [-0.1, -0.05) is 30.3 Å². The van der Waals surface area contributed by atoms with Crippen LogP contribution in [0.2, 0.25) is 0 Å². The molecule has 5 heteroatoms. The predicted molar refractivity (Wildman–Crippen MR) is 63.4 cm³/mol. The van der Waals surface area contributed by atoms with E-state index in [0.29, 0.717) is 5.03 Å². The van der Waals surface area contributed by atoms with E-state index in [9.17, 15) is 14.7 Å². The van der Waals surface area contributed by atoms with Crippen molar-refractivity contribution in [3.63, 3.8) is 0 Å². The van der Waals surface area contributed by atoms with Crippen molar-refractivity contribution >= 4 is 23.5 Å². The first-order valence-corrected chi connectivity index (χ1v) is 5.90. The van der Waals surface area contributed by atoms with Crippen LogP contribution in [-0.4, -0.2) is 23.5 Å². The summed E-state index contributed by atoms with van der Waals surface area (Å²) in [5.74, 6) is -2.17. The molecule has 4 nitrogen and oxygen atoms in total. The maximum atomic E-state index is 11.9. The highest BCUT2D eigenvalue weighted by Crippen LogP contribution is 2.48. The minimum absolute atomic E-state index is 0.00699. The fraction of sp³-hybridized carbons (Fsp3) is 0.500. The average Bonchev–Trinajstić information content (AvgIpc) is 2.84. The smallest absolute Gasteiger partial charge is 0.307 e. The Morgan fingerprint density at radius 2 is 1.94 bits per heavy atom. The third-order valence-electron chi connectivity index (χ3n) is 3.50. The molecule has 0 heterocycles. The molecule has 0 saturated heterocycles. The summed E-state index contributed by atoms with van der Waals surface area (Å²) < 4.78 is 0. The lowest BCUT2D eigenvalue weighted by Gasteiger charge is -2.23. The van der Waals surface area contributed by atoms with Crippen LogP contribution < -0.4 is 5.32 Å². The summed E-state index contributed by atoms with van der Waals surface area (Å²) in [4.78, 5) is 23.1. The molecular weight excluding hydrogens is 242 g/mol. The lowest BCUT2D eigenvalue weighted by Crippen LogP contribution is -2.40. The number of carboxylic acids is 1. The van der Waals surface area contributed by atoms with Gasteiger partial charge in [-0.05, 0) is 18.3 Å². The monoisotopic (exact) mass is 255 g/mol. The average molecular weight is 256 g/mol. The van der Waals surface area contributed by atoms with Crippen LogP contribution in [0.15, 0.2) is 23.8 Å². The Balaban J connectivity index is 2.08. The van der Waals surface area contributed by atoms with Gasteiger partial charge in [0.1, 0.15) is 0 Å². The van der Waals surface area contributed by atoms with Crippen LogP contribution >= 0.6 is 11.6 Å². The maximum absolute atomic E-state index is 11.9. The van der Waals surface area contributed by atoms with Crippen molar-refractivity contribution in [1.29, 1.82) is 0 Å². The van der Waals surface area contributed by atoms with Gasteiger partial charge >= 0.3 is 5.97 Å². The highest BCUT2D eigenvalue weighted by Gasteiger charge is 2.51. The van der Waals surface area contributed by atoms with Crippen molar-refractivity contribution in [3.8, 4) is 0 Å². The van der Waals surface area contributed by atoms with Crippen molar-refractivity contribution in [3.05, 3.63) is 23.8 Å². The number of carboxylic acid groups (broad SMARTS) is 1. The van der Waals surface area contributed by atoms with E-state index in [0.717, 1.165) is 6.42 Å². The number of rotatable bonds is 4. The van der Waals surface area contributed by atoms with E-state index in [-0.39, 0.29) is 24.3 Å². The van der Waals surface area contributed by atoms with Gasteiger partial charge in [0, 0.05) is 5.03 Å². The molecule has 92 valence electrons. The van der Waals surface area contributed by atoms with Crippen LogP contribution in [0.25, 0.3) is 0 Å². The third-order valence-corrected chi connectivity index (χ3v) is 3.64. The molecular formula is C12H14ClNO3. The fourth-order valence-corrected chi connectivity index (χ4v) is 2.88. The summed E-state index contributed by atoms with van der Waals surface area (Å²) in [6, 6.07) is 0. The Hall–Kier alpha value is -1.29. The summed E-state index contributed by atoms with van der Waals surface area (Å²) in [7, 11) is 0. The summed E-state index contributed by atoms with van der Waals surface area (Å²) in [5.41, 5.74) is 0. The molecule has 2 N–H and O–H groups in total. The van der Waals surface area contributed by atoms with E-state index in [1.54, 1.807) is 0 Å². The molecule has 1 amide bonds. The topological polar surface area (TPSA) is 66.4 Å². The van der Waals surface area contributed by atoms with Crippen LogP contribution in [0.3, 0.4) is 0 Å². The second-order valence-electron chi connectivity index (χ2n) is 4.57. The lowest BCUT2D eigenvalue weighted by molar-refractivity contribution is -0.147. The standard InChI is InChI=1S/C12H14ClNO3/c1-6(13)5-14-11(15)9-7-2-3-8(4-7)10(9)12(16)17/h2-3,7-10H,1,4-5H2,(H,14,15)(H,16,17)/t7?,8?,9-,10+/m0/s1. The van der Waals surface area contributed by atoms with E-state index in [1.165, 1.54) is 0 Å². The molecule has 2 bridgehead atoms. The largest absolute Gasteiger partial charge is 0.481 e. The summed E-state index contributed by atoms with van der Waals surface area (Å²) in [6.07, 6.45) is 4.62. The lowest BCUT2D eigenvalue weighted by atomic mass is 9.82. The number of hydrogen-bond donors (Lipinski definition) is 2. The number of aliphatic carboxylic acids is 1. The number of nitrogens with one attached hydrogen (secondary N) is 1. The summed E-state index contributed by atoms with van der Waals surface area (Å²) in [6.45, 7) is 3.66. The number of allylic oxidation sites excluding steroid dienone is 2. The number of amides is 1. The predicted octanol–water partition coefficient (Wildman–Crippen LogP) is 1.38. The number of fused-ring (bicyclic) bond motifs is 2. The third kappa shape index (κ3) is 2.22. The molecule has 0 aromatic heterocycles. The van der Waals surface area contributed by atoms with E-state index >= 15 is 0 Å². The number of halogens is 1. The van der Waals surface area contributed by atoms with Crippen LogP contribution in [0.5, 0.6) is 0 Å². The number of hydrogen-bond acceptors (Lipinski definition) is 2. The van der Waals surface area contributed by atoms with Crippen molar-refractivity contribution in [2.75, 3.05) is 6.54 Å². The maximum Gasteiger partial charge on any atom is 0.307 e. The van der Waals surface area contributed by atoms with Crippen molar-refractivity contribution in [2.45, 2.75) is 6.42 Å². The zero-order valence-corrected chi connectivity index (χ0v) is 9.98. The highest BCUT2D eigenvalue weighted by molar-refractivity contribution is 6.29. The van der Waals surface area contributed by atoms with Crippen LogP contribution in [-0.2, 0) is 9.59 Å². The minimum atomic E-state index is -0.897. The molecule has 2 aliphatic carbocycles. The van der Waals surface area contributed by atoms with Gasteiger partial charge in [0.15, 0.2) is 0 Å². The molecule has 2 rings (SSSR count). The van der Waals surface area contributed by atoms with E-state index < -0.39 is 17.8 Å². The number of carbonyl (C=O) groups excluding carboxylic acids is 1. The minimum Gasteiger partial charge on any atom is -0.481 e. The quantitative estimate of drug-likeness (QED) is 0.746. The first-order chi connectivity index (χ1) is 8.00. The Morgan fingerprint density at radius 1 is 1.35 bits per heavy atom. The van der Waals surface area contributed by atoms with E-state index in [1.807, 2.05) is 12.2 Å². The van der Waals surface area contributed by atoms with Gasteiger partial charge in [0.05, 0.1) is 18.4 Å². The fourth-order valence-electron chi connectivity index (χ4n) is 2.82. The molecule has 2 aliphatic rings. The van der Waals surface area contributed by atoms with Gasteiger partial charge < -0.3 is 10.4 Å². The second-order valence-corrected chi connectivity index (χ2v) is 5.11. The van der Waals surface area contributed by atoms with Crippen molar-refractivity contribution in [2.24, 2.45) is 23.7 Å². The van der Waals surface area contributed by atoms with Crippen molar-refractivity contribution < 1.29 is 14.7 Å². The molecule has 0 aromatic rings. The summed E-state index contributed by atoms with van der Waals surface area (Å²) in [5, 5.41) is 12.1. The molecule has 17 heavy (non-hydrogen) atoms. The SMILES string of the molecule is C=C(Cl)CNC(=O)[C@H]1C2C=CC(C2)[C@H]1C(=O)O. The van der Waals surface area contributed by atoms with Crippen LogP contribution in [0, 0.1) is 23.7 Å². The summed E-state index contributed by atoms with van der Waals surface area (Å²) >= 11 is 5.57. The second kappa shape index (κ2) is 4.53. The Kier molecular flexibility index (Phi) is 3.24. The molecule has 0 spiro atoms. The highest BCUT2D eigenvalue weighted by atomic mass is 35.5. The van der Waals surface area contributed by atoms with Gasteiger partial charge in [-0.2, -0.15) is 0 Å². The molecule has 0 aliphatic heterocycles. The number of carbonyl (C=O) groups is 2. The zero-order chi connectivity index (χ0) is 12.6. The van der Waals surface area contributed by atoms with Gasteiger partial charge in [-0.25, -0.2) is 0 Å². The Labute approximate surface area is 104 Å². The normalized spacial score (nSPS) is 33.7. The molecule has 0 aromatic carbocycles. The van der Waals surface area contributed by atoms with Gasteiger partial charge in [-0.3, -0.25) is 9.59 Å². The van der Waals surface area contributed by atoms with Crippen molar-refractivity contribution in [1.82, 2.24) is 5.32 Å². The first kappa shape index (κ1) is 12.2. The Bertz CT molecular complexity index is 405. The van der Waals surface area contributed by atoms with Crippen LogP contribution in [0.4, 0.5) is 0 Å². The van der Waals surface area contributed by atoms with Gasteiger partial charge in [0.25, 0.3) is 0 Å². The first-order valence-electron chi connectivity index (χ1n) is 5.53. The zero-order valence-electron chi connectivity index (χ0n) is 9.23. The molecule has 2 unspecified atom stereocenters. The Morgan fingerprint density at radius 3 is 2.47 bits per heavy atom.